The van der Waals surface area contributed by atoms with Crippen LogP contribution in [0.1, 0.15) is 38.5 Å². The van der Waals surface area contributed by atoms with Gasteiger partial charge < -0.3 is 20.1 Å². The molecule has 0 amide bonds. The lowest BCUT2D eigenvalue weighted by Gasteiger charge is -2.11. The zero-order valence-corrected chi connectivity index (χ0v) is 10.0. The summed E-state index contributed by atoms with van der Waals surface area (Å²) in [7, 11) is 0. The molecule has 104 valence electrons. The predicted molar refractivity (Wildman–Crippen MR) is 60.3 cm³/mol. The Hall–Kier alpha value is -1.63. The van der Waals surface area contributed by atoms with Crippen LogP contribution >= 0.6 is 0 Å². The minimum atomic E-state index is -1.32. The van der Waals surface area contributed by atoms with Crippen LogP contribution in [0.5, 0.6) is 0 Å². The van der Waals surface area contributed by atoms with Gasteiger partial charge in [-0.1, -0.05) is 12.8 Å². The highest BCUT2D eigenvalue weighted by atomic mass is 16.5. The van der Waals surface area contributed by atoms with Crippen molar-refractivity contribution in [2.24, 2.45) is 0 Å². The zero-order chi connectivity index (χ0) is 14.0. The molecule has 7 heteroatoms. The highest BCUT2D eigenvalue weighted by Crippen LogP contribution is 2.06. The molecule has 0 saturated heterocycles. The van der Waals surface area contributed by atoms with Gasteiger partial charge >= 0.3 is 17.9 Å². The van der Waals surface area contributed by atoms with E-state index in [1.807, 2.05) is 0 Å². The quantitative estimate of drug-likeness (QED) is 0.474. The maximum atomic E-state index is 10.6. The van der Waals surface area contributed by atoms with Gasteiger partial charge in [0.05, 0.1) is 6.42 Å². The van der Waals surface area contributed by atoms with Gasteiger partial charge in [-0.15, -0.1) is 0 Å². The van der Waals surface area contributed by atoms with E-state index in [4.69, 9.17) is 20.1 Å². The van der Waals surface area contributed by atoms with Crippen molar-refractivity contribution in [3.8, 4) is 0 Å². The fourth-order valence-electron chi connectivity index (χ4n) is 1.33. The van der Waals surface area contributed by atoms with E-state index in [0.29, 0.717) is 12.8 Å². The summed E-state index contributed by atoms with van der Waals surface area (Å²) in [6, 6.07) is 0. The summed E-state index contributed by atoms with van der Waals surface area (Å²) < 4.78 is 4.95. The molecule has 1 atom stereocenters. The van der Waals surface area contributed by atoms with Crippen molar-refractivity contribution >= 4 is 17.9 Å². The molecule has 0 aliphatic heterocycles. The molecule has 0 aromatic carbocycles. The number of rotatable bonds is 11. The van der Waals surface area contributed by atoms with Crippen molar-refractivity contribution in [2.75, 3.05) is 6.61 Å². The third kappa shape index (κ3) is 9.59. The molecule has 0 spiro atoms. The molecule has 3 N–H and O–H groups in total. The van der Waals surface area contributed by atoms with Gasteiger partial charge in [-0.2, -0.15) is 0 Å². The van der Waals surface area contributed by atoms with Gasteiger partial charge in [0.2, 0.25) is 0 Å². The smallest absolute Gasteiger partial charge is 0.333 e. The van der Waals surface area contributed by atoms with Crippen LogP contribution in [0.4, 0.5) is 0 Å². The first-order chi connectivity index (χ1) is 8.43. The van der Waals surface area contributed by atoms with Crippen LogP contribution in [0.3, 0.4) is 0 Å². The first-order valence-corrected chi connectivity index (χ1v) is 5.71. The van der Waals surface area contributed by atoms with Gasteiger partial charge in [0.25, 0.3) is 0 Å². The van der Waals surface area contributed by atoms with Crippen molar-refractivity contribution in [3.05, 3.63) is 0 Å². The summed E-state index contributed by atoms with van der Waals surface area (Å²) in [6.07, 6.45) is 0.863. The minimum absolute atomic E-state index is 0.123. The van der Waals surface area contributed by atoms with E-state index < -0.39 is 30.4 Å². The molecule has 0 heterocycles. The number of hydrogen-bond donors (Lipinski definition) is 3. The second-order valence-electron chi connectivity index (χ2n) is 3.85. The standard InChI is InChI=1S/C11H18O7/c12-9(13)5-3-1-2-4-6-18-8(11(16)17)7-10(14)15/h8H,1-7H2,(H,12,13)(H,14,15)(H,16,17). The predicted octanol–water partition coefficient (Wildman–Crippen LogP) is 0.966. The van der Waals surface area contributed by atoms with Crippen molar-refractivity contribution < 1.29 is 34.4 Å². The highest BCUT2D eigenvalue weighted by Gasteiger charge is 2.21. The Bertz CT molecular complexity index is 287. The van der Waals surface area contributed by atoms with Crippen LogP contribution in [-0.2, 0) is 19.1 Å². The van der Waals surface area contributed by atoms with Gasteiger partial charge in [-0.25, -0.2) is 4.79 Å². The molecule has 0 aliphatic rings. The topological polar surface area (TPSA) is 121 Å². The first kappa shape index (κ1) is 16.4. The number of hydrogen-bond acceptors (Lipinski definition) is 4. The van der Waals surface area contributed by atoms with Gasteiger partial charge in [0, 0.05) is 13.0 Å². The summed E-state index contributed by atoms with van der Waals surface area (Å²) in [4.78, 5) is 31.2. The Balaban J connectivity index is 3.58. The fraction of sp³-hybridized carbons (Fsp3) is 0.727. The monoisotopic (exact) mass is 262 g/mol. The molecule has 1 unspecified atom stereocenters. The molecule has 7 nitrogen and oxygen atoms in total. The molecule has 0 aromatic heterocycles. The third-order valence-electron chi connectivity index (χ3n) is 2.24. The molecular formula is C11H18O7. The van der Waals surface area contributed by atoms with E-state index in [1.54, 1.807) is 0 Å². The SMILES string of the molecule is O=C(O)CCCCCCOC(CC(=O)O)C(=O)O. The second-order valence-corrected chi connectivity index (χ2v) is 3.85. The van der Waals surface area contributed by atoms with Crippen LogP contribution in [0.15, 0.2) is 0 Å². The summed E-state index contributed by atoms with van der Waals surface area (Å²) in [6.45, 7) is 0.164. The minimum Gasteiger partial charge on any atom is -0.481 e. The van der Waals surface area contributed by atoms with E-state index in [9.17, 15) is 14.4 Å². The average Bonchev–Trinajstić information content (AvgIpc) is 2.25. The number of carboxylic acids is 3. The lowest BCUT2D eigenvalue weighted by Crippen LogP contribution is -2.27. The van der Waals surface area contributed by atoms with E-state index in [-0.39, 0.29) is 13.0 Å². The second kappa shape index (κ2) is 9.41. The molecule has 18 heavy (non-hydrogen) atoms. The molecular weight excluding hydrogens is 244 g/mol. The van der Waals surface area contributed by atoms with Crippen molar-refractivity contribution in [2.45, 2.75) is 44.6 Å². The Morgan fingerprint density at radius 1 is 0.889 bits per heavy atom. The molecule has 0 bridgehead atoms. The lowest BCUT2D eigenvalue weighted by molar-refractivity contribution is -0.156. The van der Waals surface area contributed by atoms with Crippen LogP contribution in [-0.4, -0.2) is 45.9 Å². The summed E-state index contributed by atoms with van der Waals surface area (Å²) in [5.74, 6) is -3.34. The van der Waals surface area contributed by atoms with E-state index in [2.05, 4.69) is 0 Å². The van der Waals surface area contributed by atoms with Gasteiger partial charge in [-0.3, -0.25) is 9.59 Å². The molecule has 0 aliphatic carbocycles. The first-order valence-electron chi connectivity index (χ1n) is 5.71. The number of ether oxygens (including phenoxy) is 1. The summed E-state index contributed by atoms with van der Waals surface area (Å²) in [5, 5.41) is 25.5. The van der Waals surface area contributed by atoms with E-state index in [1.165, 1.54) is 0 Å². The normalized spacial score (nSPS) is 12.0. The van der Waals surface area contributed by atoms with E-state index >= 15 is 0 Å². The Labute approximate surface area is 104 Å². The van der Waals surface area contributed by atoms with Crippen LogP contribution in [0.25, 0.3) is 0 Å². The van der Waals surface area contributed by atoms with Gasteiger partial charge in [-0.05, 0) is 12.8 Å². The van der Waals surface area contributed by atoms with Crippen LogP contribution in [0, 0.1) is 0 Å². The maximum Gasteiger partial charge on any atom is 0.333 e. The fourth-order valence-corrected chi connectivity index (χ4v) is 1.33. The molecule has 0 aromatic rings. The van der Waals surface area contributed by atoms with Gasteiger partial charge in [0.15, 0.2) is 6.10 Å². The Kier molecular flexibility index (Phi) is 8.55. The number of unbranched alkanes of at least 4 members (excludes halogenated alkanes) is 3. The maximum absolute atomic E-state index is 10.6. The zero-order valence-electron chi connectivity index (χ0n) is 10.0. The van der Waals surface area contributed by atoms with Crippen molar-refractivity contribution in [3.63, 3.8) is 0 Å². The Morgan fingerprint density at radius 3 is 2.00 bits per heavy atom. The van der Waals surface area contributed by atoms with Crippen LogP contribution in [0.2, 0.25) is 0 Å². The molecule has 0 fully saturated rings. The summed E-state index contributed by atoms with van der Waals surface area (Å²) >= 11 is 0. The molecule has 0 radical (unpaired) electrons. The molecule has 0 saturated carbocycles. The van der Waals surface area contributed by atoms with Crippen molar-refractivity contribution in [1.29, 1.82) is 0 Å². The Morgan fingerprint density at radius 2 is 1.50 bits per heavy atom. The van der Waals surface area contributed by atoms with E-state index in [0.717, 1.165) is 12.8 Å². The lowest BCUT2D eigenvalue weighted by atomic mass is 10.1. The molecule has 0 rings (SSSR count). The van der Waals surface area contributed by atoms with Gasteiger partial charge in [0.1, 0.15) is 0 Å². The number of carbonyl (C=O) groups is 3. The average molecular weight is 262 g/mol. The number of aliphatic carboxylic acids is 3. The largest absolute Gasteiger partial charge is 0.481 e. The highest BCUT2D eigenvalue weighted by molar-refractivity contribution is 5.79. The van der Waals surface area contributed by atoms with Crippen LogP contribution < -0.4 is 0 Å². The van der Waals surface area contributed by atoms with Crippen molar-refractivity contribution in [1.82, 2.24) is 0 Å². The number of carboxylic acid groups (broad SMARTS) is 3. The summed E-state index contributed by atoms with van der Waals surface area (Å²) in [5.41, 5.74) is 0. The third-order valence-corrected chi connectivity index (χ3v) is 2.24.